The third-order valence-corrected chi connectivity index (χ3v) is 2.39. The van der Waals surface area contributed by atoms with Crippen molar-refractivity contribution < 1.29 is 4.79 Å². The molecular formula is C11H16N2O. The summed E-state index contributed by atoms with van der Waals surface area (Å²) in [6, 6.07) is 4.04. The van der Waals surface area contributed by atoms with Gasteiger partial charge in [-0.3, -0.25) is 4.79 Å². The van der Waals surface area contributed by atoms with Crippen LogP contribution in [0.15, 0.2) is 12.1 Å². The second-order valence-electron chi connectivity index (χ2n) is 3.45. The van der Waals surface area contributed by atoms with Gasteiger partial charge in [0.25, 0.3) is 0 Å². The number of nitrogens with one attached hydrogen (secondary N) is 1. The number of anilines is 1. The molecule has 1 aromatic carbocycles. The molecule has 3 nitrogen and oxygen atoms in total. The van der Waals surface area contributed by atoms with Crippen LogP contribution in [-0.2, 0) is 4.79 Å². The van der Waals surface area contributed by atoms with Crippen LogP contribution >= 0.6 is 0 Å². The van der Waals surface area contributed by atoms with Crippen molar-refractivity contribution in [3.05, 3.63) is 28.8 Å². The third kappa shape index (κ3) is 2.12. The lowest BCUT2D eigenvalue weighted by atomic mass is 10.0. The fraction of sp³-hybridized carbons (Fsp3) is 0.364. The highest BCUT2D eigenvalue weighted by molar-refractivity contribution is 5.93. The molecule has 1 aromatic rings. The van der Waals surface area contributed by atoms with E-state index >= 15 is 0 Å². The monoisotopic (exact) mass is 192 g/mol. The molecule has 0 aliphatic heterocycles. The molecule has 0 aliphatic carbocycles. The lowest BCUT2D eigenvalue weighted by Gasteiger charge is -2.12. The Bertz CT molecular complexity index is 359. The van der Waals surface area contributed by atoms with E-state index < -0.39 is 0 Å². The van der Waals surface area contributed by atoms with Crippen molar-refractivity contribution in [1.29, 1.82) is 0 Å². The first-order valence-corrected chi connectivity index (χ1v) is 4.63. The topological polar surface area (TPSA) is 55.1 Å². The fourth-order valence-corrected chi connectivity index (χ4v) is 1.33. The molecule has 0 bridgehead atoms. The van der Waals surface area contributed by atoms with Crippen molar-refractivity contribution in [2.45, 2.75) is 20.8 Å². The molecule has 1 rings (SSSR count). The van der Waals surface area contributed by atoms with E-state index in [4.69, 9.17) is 5.73 Å². The first-order chi connectivity index (χ1) is 6.56. The van der Waals surface area contributed by atoms with Gasteiger partial charge in [0, 0.05) is 5.69 Å². The minimum absolute atomic E-state index is 0.0207. The summed E-state index contributed by atoms with van der Waals surface area (Å²) in [7, 11) is 0. The van der Waals surface area contributed by atoms with Gasteiger partial charge in [0.05, 0.1) is 6.54 Å². The molecule has 0 aliphatic rings. The molecule has 1 amide bonds. The quantitative estimate of drug-likeness (QED) is 0.746. The lowest BCUT2D eigenvalue weighted by molar-refractivity contribution is -0.114. The van der Waals surface area contributed by atoms with E-state index in [0.29, 0.717) is 0 Å². The zero-order chi connectivity index (χ0) is 10.7. The van der Waals surface area contributed by atoms with Gasteiger partial charge in [-0.25, -0.2) is 0 Å². The van der Waals surface area contributed by atoms with Gasteiger partial charge in [0.15, 0.2) is 0 Å². The average molecular weight is 192 g/mol. The van der Waals surface area contributed by atoms with Gasteiger partial charge in [-0.1, -0.05) is 12.1 Å². The Morgan fingerprint density at radius 3 is 2.43 bits per heavy atom. The van der Waals surface area contributed by atoms with E-state index in [1.807, 2.05) is 32.9 Å². The number of benzene rings is 1. The van der Waals surface area contributed by atoms with E-state index in [2.05, 4.69) is 5.32 Å². The van der Waals surface area contributed by atoms with E-state index in [-0.39, 0.29) is 12.5 Å². The van der Waals surface area contributed by atoms with Gasteiger partial charge < -0.3 is 11.1 Å². The number of carbonyl (C=O) groups excluding carboxylic acids is 1. The molecule has 14 heavy (non-hydrogen) atoms. The van der Waals surface area contributed by atoms with Crippen LogP contribution < -0.4 is 11.1 Å². The van der Waals surface area contributed by atoms with E-state index in [1.54, 1.807) is 0 Å². The van der Waals surface area contributed by atoms with Gasteiger partial charge in [-0.2, -0.15) is 0 Å². The second-order valence-corrected chi connectivity index (χ2v) is 3.45. The van der Waals surface area contributed by atoms with Gasteiger partial charge in [0.2, 0.25) is 5.91 Å². The van der Waals surface area contributed by atoms with Crippen molar-refractivity contribution in [3.63, 3.8) is 0 Å². The normalized spacial score (nSPS) is 10.0. The molecule has 0 heterocycles. The van der Waals surface area contributed by atoms with E-state index in [0.717, 1.165) is 16.8 Å². The van der Waals surface area contributed by atoms with Crippen molar-refractivity contribution >= 4 is 11.6 Å². The van der Waals surface area contributed by atoms with Crippen LogP contribution in [0, 0.1) is 20.8 Å². The maximum Gasteiger partial charge on any atom is 0.238 e. The Morgan fingerprint density at radius 1 is 1.29 bits per heavy atom. The maximum absolute atomic E-state index is 11.2. The number of carbonyl (C=O) groups is 1. The van der Waals surface area contributed by atoms with Crippen LogP contribution in [0.1, 0.15) is 16.7 Å². The molecule has 0 saturated carbocycles. The zero-order valence-corrected chi connectivity index (χ0v) is 8.85. The summed E-state index contributed by atoms with van der Waals surface area (Å²) in [6.45, 7) is 6.01. The minimum atomic E-state index is -0.151. The highest BCUT2D eigenvalue weighted by atomic mass is 16.1. The SMILES string of the molecule is Cc1ccc(C)c(NC(=O)CN)c1C. The standard InChI is InChI=1S/C11H16N2O/c1-7-4-5-8(2)11(9(7)3)13-10(14)6-12/h4-5H,6,12H2,1-3H3,(H,13,14). The molecule has 0 spiro atoms. The van der Waals surface area contributed by atoms with Gasteiger partial charge in [0.1, 0.15) is 0 Å². The molecule has 0 radical (unpaired) electrons. The van der Waals surface area contributed by atoms with Crippen molar-refractivity contribution in [2.75, 3.05) is 11.9 Å². The van der Waals surface area contributed by atoms with Crippen LogP contribution in [0.25, 0.3) is 0 Å². The Hall–Kier alpha value is -1.35. The minimum Gasteiger partial charge on any atom is -0.324 e. The number of rotatable bonds is 2. The highest BCUT2D eigenvalue weighted by Gasteiger charge is 2.07. The van der Waals surface area contributed by atoms with E-state index in [1.165, 1.54) is 5.56 Å². The fourth-order valence-electron chi connectivity index (χ4n) is 1.33. The molecular weight excluding hydrogens is 176 g/mol. The zero-order valence-electron chi connectivity index (χ0n) is 8.85. The van der Waals surface area contributed by atoms with Crippen LogP contribution in [0.3, 0.4) is 0 Å². The van der Waals surface area contributed by atoms with Crippen LogP contribution in [-0.4, -0.2) is 12.5 Å². The Morgan fingerprint density at radius 2 is 1.86 bits per heavy atom. The first kappa shape index (κ1) is 10.7. The number of nitrogens with two attached hydrogens (primary N) is 1. The largest absolute Gasteiger partial charge is 0.324 e. The molecule has 0 atom stereocenters. The van der Waals surface area contributed by atoms with Crippen molar-refractivity contribution in [2.24, 2.45) is 5.73 Å². The summed E-state index contributed by atoms with van der Waals surface area (Å²) in [5.41, 5.74) is 9.47. The summed E-state index contributed by atoms with van der Waals surface area (Å²) in [5.74, 6) is -0.151. The van der Waals surface area contributed by atoms with Crippen LogP contribution in [0.4, 0.5) is 5.69 Å². The summed E-state index contributed by atoms with van der Waals surface area (Å²) in [6.07, 6.45) is 0. The summed E-state index contributed by atoms with van der Waals surface area (Å²) in [4.78, 5) is 11.2. The van der Waals surface area contributed by atoms with Gasteiger partial charge in [-0.05, 0) is 37.5 Å². The number of hydrogen-bond acceptors (Lipinski definition) is 2. The molecule has 0 saturated heterocycles. The summed E-state index contributed by atoms with van der Waals surface area (Å²) < 4.78 is 0. The molecule has 3 N–H and O–H groups in total. The molecule has 76 valence electrons. The number of amides is 1. The molecule has 0 fully saturated rings. The Balaban J connectivity index is 3.06. The summed E-state index contributed by atoms with van der Waals surface area (Å²) in [5, 5.41) is 2.81. The van der Waals surface area contributed by atoms with Gasteiger partial charge >= 0.3 is 0 Å². The Kier molecular flexibility index (Phi) is 3.25. The molecule has 0 aromatic heterocycles. The molecule has 0 unspecified atom stereocenters. The maximum atomic E-state index is 11.2. The Labute approximate surface area is 84.3 Å². The van der Waals surface area contributed by atoms with E-state index in [9.17, 15) is 4.79 Å². The van der Waals surface area contributed by atoms with Crippen LogP contribution in [0.5, 0.6) is 0 Å². The van der Waals surface area contributed by atoms with Crippen molar-refractivity contribution in [1.82, 2.24) is 0 Å². The first-order valence-electron chi connectivity index (χ1n) is 4.63. The highest BCUT2D eigenvalue weighted by Crippen LogP contribution is 2.22. The predicted molar refractivity (Wildman–Crippen MR) is 58.3 cm³/mol. The van der Waals surface area contributed by atoms with Gasteiger partial charge in [-0.15, -0.1) is 0 Å². The predicted octanol–water partition coefficient (Wildman–Crippen LogP) is 1.51. The summed E-state index contributed by atoms with van der Waals surface area (Å²) >= 11 is 0. The molecule has 3 heteroatoms. The second kappa shape index (κ2) is 4.24. The number of aryl methyl sites for hydroxylation is 2. The average Bonchev–Trinajstić information content (AvgIpc) is 2.18. The van der Waals surface area contributed by atoms with Crippen LogP contribution in [0.2, 0.25) is 0 Å². The smallest absolute Gasteiger partial charge is 0.238 e. The van der Waals surface area contributed by atoms with Crippen molar-refractivity contribution in [3.8, 4) is 0 Å². The lowest BCUT2D eigenvalue weighted by Crippen LogP contribution is -2.22. The third-order valence-electron chi connectivity index (χ3n) is 2.39. The number of hydrogen-bond donors (Lipinski definition) is 2.